The summed E-state index contributed by atoms with van der Waals surface area (Å²) in [6, 6.07) is 2.24. The van der Waals surface area contributed by atoms with Gasteiger partial charge in [-0.15, -0.1) is 12.4 Å². The fourth-order valence-electron chi connectivity index (χ4n) is 2.71. The fourth-order valence-corrected chi connectivity index (χ4v) is 2.98. The van der Waals surface area contributed by atoms with Crippen molar-refractivity contribution in [1.82, 2.24) is 10.2 Å². The van der Waals surface area contributed by atoms with Crippen LogP contribution in [0.2, 0.25) is 5.02 Å². The Hall–Kier alpha value is -0.690. The number of alkyl halides is 2. The number of nitrogens with one attached hydrogen (secondary N) is 1. The zero-order chi connectivity index (χ0) is 16.1. The second-order valence-electron chi connectivity index (χ2n) is 5.18. The van der Waals surface area contributed by atoms with E-state index in [1.54, 1.807) is 6.92 Å². The molecule has 0 spiro atoms. The number of halogens is 5. The average molecular weight is 373 g/mol. The maximum atomic E-state index is 14.1. The standard InChI is InChI=1S/C15H20ClF3N2O.ClH/c1-2-22-15-11(16)7-10(8-12(15)17)13(9-14(18)19)21-5-3-20-4-6-21;/h7-8,13-14,20H,2-6,9H2,1H3;1H/t13-;/m1./s1. The molecular weight excluding hydrogens is 352 g/mol. The van der Waals surface area contributed by atoms with E-state index in [9.17, 15) is 13.2 Å². The quantitative estimate of drug-likeness (QED) is 0.819. The third-order valence-corrected chi connectivity index (χ3v) is 3.97. The third kappa shape index (κ3) is 5.41. The highest BCUT2D eigenvalue weighted by molar-refractivity contribution is 6.32. The Morgan fingerprint density at radius 3 is 2.48 bits per heavy atom. The second-order valence-corrected chi connectivity index (χ2v) is 5.58. The van der Waals surface area contributed by atoms with Crippen LogP contribution in [-0.2, 0) is 0 Å². The monoisotopic (exact) mass is 372 g/mol. The molecule has 0 radical (unpaired) electrons. The Labute approximate surface area is 145 Å². The van der Waals surface area contributed by atoms with E-state index in [0.717, 1.165) is 13.1 Å². The first-order valence-electron chi connectivity index (χ1n) is 7.37. The number of benzene rings is 1. The van der Waals surface area contributed by atoms with Crippen LogP contribution in [0.1, 0.15) is 24.9 Å². The molecular formula is C15H21Cl2F3N2O. The van der Waals surface area contributed by atoms with Gasteiger partial charge in [0.1, 0.15) is 0 Å². The van der Waals surface area contributed by atoms with E-state index in [4.69, 9.17) is 16.3 Å². The Balaban J connectivity index is 0.00000264. The zero-order valence-corrected chi connectivity index (χ0v) is 14.4. The van der Waals surface area contributed by atoms with Gasteiger partial charge in [0.25, 0.3) is 0 Å². The van der Waals surface area contributed by atoms with Crippen molar-refractivity contribution in [3.8, 4) is 5.75 Å². The normalized spacial score (nSPS) is 17.0. The van der Waals surface area contributed by atoms with Crippen LogP contribution < -0.4 is 10.1 Å². The van der Waals surface area contributed by atoms with Crippen LogP contribution in [0, 0.1) is 5.82 Å². The minimum atomic E-state index is -2.46. The summed E-state index contributed by atoms with van der Waals surface area (Å²) in [6.07, 6.45) is -2.81. The van der Waals surface area contributed by atoms with E-state index >= 15 is 0 Å². The van der Waals surface area contributed by atoms with Crippen LogP contribution in [0.3, 0.4) is 0 Å². The van der Waals surface area contributed by atoms with Crippen molar-refractivity contribution in [1.29, 1.82) is 0 Å². The highest BCUT2D eigenvalue weighted by atomic mass is 35.5. The van der Waals surface area contributed by atoms with Gasteiger partial charge in [-0.25, -0.2) is 13.2 Å². The molecule has 1 saturated heterocycles. The Morgan fingerprint density at radius 2 is 1.96 bits per heavy atom. The zero-order valence-electron chi connectivity index (χ0n) is 12.8. The Kier molecular flexibility index (Phi) is 8.47. The largest absolute Gasteiger partial charge is 0.489 e. The predicted molar refractivity (Wildman–Crippen MR) is 87.6 cm³/mol. The van der Waals surface area contributed by atoms with Crippen LogP contribution in [0.5, 0.6) is 5.75 Å². The molecule has 1 heterocycles. The van der Waals surface area contributed by atoms with Gasteiger partial charge in [0.2, 0.25) is 6.43 Å². The average Bonchev–Trinajstić information content (AvgIpc) is 2.49. The van der Waals surface area contributed by atoms with Gasteiger partial charge in [-0.2, -0.15) is 0 Å². The lowest BCUT2D eigenvalue weighted by molar-refractivity contribution is 0.0737. The molecule has 1 atom stereocenters. The maximum absolute atomic E-state index is 14.1. The summed E-state index contributed by atoms with van der Waals surface area (Å²) >= 11 is 6.05. The van der Waals surface area contributed by atoms with Crippen molar-refractivity contribution in [2.24, 2.45) is 0 Å². The fraction of sp³-hybridized carbons (Fsp3) is 0.600. The lowest BCUT2D eigenvalue weighted by Gasteiger charge is -2.35. The Bertz CT molecular complexity index is 477. The lowest BCUT2D eigenvalue weighted by Crippen LogP contribution is -2.45. The molecule has 3 nitrogen and oxygen atoms in total. The van der Waals surface area contributed by atoms with Gasteiger partial charge in [0.15, 0.2) is 11.6 Å². The minimum absolute atomic E-state index is 0. The molecule has 0 bridgehead atoms. The van der Waals surface area contributed by atoms with Gasteiger partial charge in [0.05, 0.1) is 11.6 Å². The first-order chi connectivity index (χ1) is 10.5. The molecule has 0 saturated carbocycles. The summed E-state index contributed by atoms with van der Waals surface area (Å²) in [5.74, 6) is -0.636. The molecule has 1 N–H and O–H groups in total. The molecule has 1 aromatic rings. The van der Waals surface area contributed by atoms with E-state index in [-0.39, 0.29) is 36.2 Å². The second kappa shape index (κ2) is 9.57. The topological polar surface area (TPSA) is 24.5 Å². The summed E-state index contributed by atoms with van der Waals surface area (Å²) in [7, 11) is 0. The van der Waals surface area contributed by atoms with Gasteiger partial charge in [-0.1, -0.05) is 11.6 Å². The van der Waals surface area contributed by atoms with E-state index in [0.29, 0.717) is 18.7 Å². The molecule has 0 amide bonds. The van der Waals surface area contributed by atoms with E-state index in [1.807, 2.05) is 4.90 Å². The van der Waals surface area contributed by atoms with E-state index < -0.39 is 18.3 Å². The minimum Gasteiger partial charge on any atom is -0.489 e. The van der Waals surface area contributed by atoms with Crippen molar-refractivity contribution in [2.75, 3.05) is 32.8 Å². The lowest BCUT2D eigenvalue weighted by atomic mass is 10.0. The van der Waals surface area contributed by atoms with Gasteiger partial charge >= 0.3 is 0 Å². The highest BCUT2D eigenvalue weighted by Crippen LogP contribution is 2.35. The summed E-state index contributed by atoms with van der Waals surface area (Å²) in [5, 5.41) is 3.29. The van der Waals surface area contributed by atoms with Crippen molar-refractivity contribution in [2.45, 2.75) is 25.8 Å². The molecule has 132 valence electrons. The number of piperazine rings is 1. The van der Waals surface area contributed by atoms with Crippen molar-refractivity contribution < 1.29 is 17.9 Å². The molecule has 1 aliphatic rings. The molecule has 0 unspecified atom stereocenters. The number of hydrogen-bond donors (Lipinski definition) is 1. The molecule has 1 fully saturated rings. The Morgan fingerprint density at radius 1 is 1.30 bits per heavy atom. The summed E-state index contributed by atoms with van der Waals surface area (Å²) in [5.41, 5.74) is 0.466. The van der Waals surface area contributed by atoms with Gasteiger partial charge < -0.3 is 10.1 Å². The van der Waals surface area contributed by atoms with Gasteiger partial charge in [-0.3, -0.25) is 4.90 Å². The molecule has 23 heavy (non-hydrogen) atoms. The SMILES string of the molecule is CCOc1c(F)cc([C@@H](CC(F)F)N2CCNCC2)cc1Cl.Cl. The molecule has 1 aromatic carbocycles. The summed E-state index contributed by atoms with van der Waals surface area (Å²) in [6.45, 7) is 4.76. The third-order valence-electron chi connectivity index (χ3n) is 3.69. The number of hydrogen-bond acceptors (Lipinski definition) is 3. The number of nitrogens with zero attached hydrogens (tertiary/aromatic N) is 1. The summed E-state index contributed by atoms with van der Waals surface area (Å²) < 4.78 is 45.2. The molecule has 2 rings (SSSR count). The molecule has 0 aliphatic carbocycles. The molecule has 1 aliphatic heterocycles. The maximum Gasteiger partial charge on any atom is 0.240 e. The number of rotatable bonds is 6. The van der Waals surface area contributed by atoms with Crippen LogP contribution >= 0.6 is 24.0 Å². The van der Waals surface area contributed by atoms with Crippen molar-refractivity contribution in [3.63, 3.8) is 0 Å². The van der Waals surface area contributed by atoms with Crippen LogP contribution in [-0.4, -0.2) is 44.1 Å². The van der Waals surface area contributed by atoms with Crippen molar-refractivity contribution >= 4 is 24.0 Å². The van der Waals surface area contributed by atoms with Gasteiger partial charge in [-0.05, 0) is 24.6 Å². The van der Waals surface area contributed by atoms with Crippen LogP contribution in [0.15, 0.2) is 12.1 Å². The van der Waals surface area contributed by atoms with Gasteiger partial charge in [0, 0.05) is 38.6 Å². The predicted octanol–water partition coefficient (Wildman–Crippen LogP) is 3.90. The molecule has 8 heteroatoms. The van der Waals surface area contributed by atoms with Crippen LogP contribution in [0.4, 0.5) is 13.2 Å². The number of ether oxygens (including phenoxy) is 1. The highest BCUT2D eigenvalue weighted by Gasteiger charge is 2.27. The smallest absolute Gasteiger partial charge is 0.240 e. The van der Waals surface area contributed by atoms with Crippen LogP contribution in [0.25, 0.3) is 0 Å². The first-order valence-corrected chi connectivity index (χ1v) is 7.75. The van der Waals surface area contributed by atoms with Crippen molar-refractivity contribution in [3.05, 3.63) is 28.5 Å². The molecule has 0 aromatic heterocycles. The summed E-state index contributed by atoms with van der Waals surface area (Å²) in [4.78, 5) is 1.94. The van der Waals surface area contributed by atoms with E-state index in [1.165, 1.54) is 12.1 Å². The van der Waals surface area contributed by atoms with E-state index in [2.05, 4.69) is 5.32 Å². The first kappa shape index (κ1) is 20.4.